The van der Waals surface area contributed by atoms with Crippen LogP contribution in [0.25, 0.3) is 0 Å². The molecular weight excluding hydrogens is 312 g/mol. The van der Waals surface area contributed by atoms with E-state index in [2.05, 4.69) is 53.7 Å². The summed E-state index contributed by atoms with van der Waals surface area (Å²) in [6, 6.07) is 0. The van der Waals surface area contributed by atoms with Crippen LogP contribution in [-0.2, 0) is 17.4 Å². The first-order valence-electron chi connectivity index (χ1n) is 7.94. The molecule has 115 valence electrons. The Balaban J connectivity index is 0.00000220. The minimum Gasteiger partial charge on any atom is -1.00 e. The molecule has 0 aliphatic heterocycles. The molecule has 2 aliphatic rings. The maximum absolute atomic E-state index is 2.46. The van der Waals surface area contributed by atoms with E-state index in [1.54, 1.807) is 26.1 Å². The van der Waals surface area contributed by atoms with E-state index in [1.807, 2.05) is 7.76 Å². The summed E-state index contributed by atoms with van der Waals surface area (Å²) in [6.07, 6.45) is 9.85. The van der Waals surface area contributed by atoms with Gasteiger partial charge in [-0.2, -0.15) is 0 Å². The van der Waals surface area contributed by atoms with Crippen molar-refractivity contribution in [3.05, 3.63) is 42.2 Å². The Hall–Kier alpha value is -0.166. The molecule has 0 radical (unpaired) electrons. The van der Waals surface area contributed by atoms with Crippen LogP contribution in [0.3, 0.4) is 0 Å². The largest absolute Gasteiger partial charge is 1.00 e. The predicted molar refractivity (Wildman–Crippen MR) is 87.7 cm³/mol. The van der Waals surface area contributed by atoms with Gasteiger partial charge in [0.2, 0.25) is 0 Å². The van der Waals surface area contributed by atoms with E-state index in [-0.39, 0.29) is 12.4 Å². The van der Waals surface area contributed by atoms with Gasteiger partial charge in [-0.3, -0.25) is 0 Å². The number of hydrogen-bond donors (Lipinski definition) is 0. The molecule has 0 fully saturated rings. The Kier molecular flexibility index (Phi) is 7.11. The Morgan fingerprint density at radius 1 is 0.905 bits per heavy atom. The second kappa shape index (κ2) is 7.90. The minimum absolute atomic E-state index is 0. The third-order valence-corrected chi connectivity index (χ3v) is 9.39. The summed E-state index contributed by atoms with van der Waals surface area (Å²) in [7, 11) is 0. The molecule has 2 rings (SSSR count). The summed E-state index contributed by atoms with van der Waals surface area (Å²) in [4.78, 5) is 0. The van der Waals surface area contributed by atoms with Gasteiger partial charge in [0.25, 0.3) is 0 Å². The molecule has 0 saturated carbocycles. The number of halogens is 1. The number of hydrogen-bond acceptors (Lipinski definition) is 0. The summed E-state index contributed by atoms with van der Waals surface area (Å²) < 4.78 is 5.40. The summed E-state index contributed by atoms with van der Waals surface area (Å²) in [5.41, 5.74) is 6.46. The van der Waals surface area contributed by atoms with Gasteiger partial charge in [0, 0.05) is 0 Å². The van der Waals surface area contributed by atoms with E-state index in [0.717, 1.165) is 0 Å². The van der Waals surface area contributed by atoms with Crippen LogP contribution in [0.5, 0.6) is 0 Å². The summed E-state index contributed by atoms with van der Waals surface area (Å²) in [5.74, 6) is 0. The Morgan fingerprint density at radius 3 is 1.57 bits per heavy atom. The standard InChI is InChI=1S/2C8H11.C3H6.ClH.Ti/c2*1-3-8-5-4-7(2)6-8;1-3-2;;/h2*6H,3-4H2,1-2H3;1-2H3;1H;/q;;;;+1/p-1. The van der Waals surface area contributed by atoms with E-state index >= 15 is 0 Å². The van der Waals surface area contributed by atoms with Gasteiger partial charge in [-0.05, 0) is 0 Å². The molecule has 2 aliphatic carbocycles. The molecule has 0 heterocycles. The average molecular weight is 340 g/mol. The molecule has 0 nitrogen and oxygen atoms in total. The van der Waals surface area contributed by atoms with Crippen molar-refractivity contribution in [1.29, 1.82) is 0 Å². The molecule has 0 unspecified atom stereocenters. The molecule has 0 saturated heterocycles. The van der Waals surface area contributed by atoms with Crippen molar-refractivity contribution in [2.75, 3.05) is 0 Å². The second-order valence-electron chi connectivity index (χ2n) is 6.42. The summed E-state index contributed by atoms with van der Waals surface area (Å²) in [6.45, 7) is 14.0. The maximum Gasteiger partial charge on any atom is -1.00 e. The molecular formula is C19H28ClTi. The van der Waals surface area contributed by atoms with Crippen molar-refractivity contribution in [1.82, 2.24) is 0 Å². The molecule has 0 aromatic heterocycles. The fraction of sp³-hybridized carbons (Fsp3) is 0.526. The van der Waals surface area contributed by atoms with Crippen LogP contribution in [0, 0.1) is 0 Å². The predicted octanol–water partition coefficient (Wildman–Crippen LogP) is 2.85. The number of rotatable bonds is 4. The van der Waals surface area contributed by atoms with Gasteiger partial charge >= 0.3 is 131 Å². The van der Waals surface area contributed by atoms with Crippen LogP contribution in [0.4, 0.5) is 0 Å². The summed E-state index contributed by atoms with van der Waals surface area (Å²) >= 11 is -1.40. The van der Waals surface area contributed by atoms with E-state index < -0.39 is 17.4 Å². The zero-order chi connectivity index (χ0) is 14.9. The Bertz CT molecular complexity index is 533. The van der Waals surface area contributed by atoms with Crippen LogP contribution in [-0.4, -0.2) is 3.81 Å². The molecule has 0 atom stereocenters. The second-order valence-corrected chi connectivity index (χ2v) is 11.0. The van der Waals surface area contributed by atoms with Crippen molar-refractivity contribution in [2.24, 2.45) is 0 Å². The third-order valence-electron chi connectivity index (χ3n) is 4.39. The maximum atomic E-state index is 2.46. The van der Waals surface area contributed by atoms with Crippen molar-refractivity contribution < 1.29 is 29.8 Å². The first-order chi connectivity index (χ1) is 9.47. The monoisotopic (exact) mass is 339 g/mol. The zero-order valence-corrected chi connectivity index (χ0v) is 16.7. The van der Waals surface area contributed by atoms with Gasteiger partial charge in [0.05, 0.1) is 0 Å². The molecule has 0 bridgehead atoms. The first kappa shape index (κ1) is 18.9. The topological polar surface area (TPSA) is 0 Å². The molecule has 0 N–H and O–H groups in total. The molecule has 21 heavy (non-hydrogen) atoms. The quantitative estimate of drug-likeness (QED) is 0.691. The van der Waals surface area contributed by atoms with Crippen molar-refractivity contribution in [2.45, 2.75) is 67.2 Å². The Labute approximate surface area is 142 Å². The van der Waals surface area contributed by atoms with Crippen LogP contribution in [0.1, 0.15) is 67.2 Å². The molecule has 0 aromatic carbocycles. The first-order valence-corrected chi connectivity index (χ1v) is 10.3. The smallest absolute Gasteiger partial charge is 1.00 e. The van der Waals surface area contributed by atoms with E-state index in [1.165, 1.54) is 25.7 Å². The fourth-order valence-corrected chi connectivity index (χ4v) is 9.23. The van der Waals surface area contributed by atoms with Crippen molar-refractivity contribution >= 4 is 3.81 Å². The van der Waals surface area contributed by atoms with Crippen LogP contribution >= 0.6 is 0 Å². The van der Waals surface area contributed by atoms with E-state index in [4.69, 9.17) is 0 Å². The van der Waals surface area contributed by atoms with Gasteiger partial charge in [0.15, 0.2) is 0 Å². The van der Waals surface area contributed by atoms with Gasteiger partial charge in [0.1, 0.15) is 0 Å². The summed E-state index contributed by atoms with van der Waals surface area (Å²) in [5, 5.41) is 0. The average Bonchev–Trinajstić information content (AvgIpc) is 2.92. The van der Waals surface area contributed by atoms with Crippen molar-refractivity contribution in [3.8, 4) is 0 Å². The number of allylic oxidation sites excluding steroid dienone is 8. The zero-order valence-electron chi connectivity index (χ0n) is 14.4. The molecule has 0 spiro atoms. The fourth-order valence-electron chi connectivity index (χ4n) is 3.57. The molecule has 2 heteroatoms. The molecule has 0 amide bonds. The van der Waals surface area contributed by atoms with Gasteiger partial charge in [-0.25, -0.2) is 0 Å². The SMILES string of the molecule is CCC1=[C]([Ti+]([C]2=C(CC)C=C(C)C2)=[C](C)C)CC(C)=C1.[Cl-]. The normalized spacial score (nSPS) is 17.8. The minimum atomic E-state index is -1.40. The van der Waals surface area contributed by atoms with Crippen LogP contribution in [0.15, 0.2) is 42.2 Å². The van der Waals surface area contributed by atoms with E-state index in [0.29, 0.717) is 0 Å². The van der Waals surface area contributed by atoms with Gasteiger partial charge in [-0.1, -0.05) is 0 Å². The van der Waals surface area contributed by atoms with Crippen LogP contribution in [0.2, 0.25) is 0 Å². The molecule has 0 aromatic rings. The van der Waals surface area contributed by atoms with E-state index in [9.17, 15) is 0 Å². The van der Waals surface area contributed by atoms with Gasteiger partial charge in [-0.15, -0.1) is 0 Å². The van der Waals surface area contributed by atoms with Crippen molar-refractivity contribution in [3.63, 3.8) is 0 Å². The third kappa shape index (κ3) is 3.98. The van der Waals surface area contributed by atoms with Crippen LogP contribution < -0.4 is 12.4 Å². The van der Waals surface area contributed by atoms with Gasteiger partial charge < -0.3 is 12.4 Å². The Morgan fingerprint density at radius 2 is 1.29 bits per heavy atom.